The minimum absolute atomic E-state index is 0.151. The van der Waals surface area contributed by atoms with E-state index in [2.05, 4.69) is 36.5 Å². The molecule has 0 unspecified atom stereocenters. The van der Waals surface area contributed by atoms with E-state index >= 15 is 0 Å². The van der Waals surface area contributed by atoms with Crippen molar-refractivity contribution in [1.29, 1.82) is 0 Å². The third-order valence-corrected chi connectivity index (χ3v) is 3.16. The third-order valence-electron chi connectivity index (χ3n) is 2.17. The maximum Gasteiger partial charge on any atom is 0.0925 e. The Morgan fingerprint density at radius 2 is 2.23 bits per heavy atom. The van der Waals surface area contributed by atoms with Crippen molar-refractivity contribution in [2.24, 2.45) is 0 Å². The molecule has 0 spiro atoms. The van der Waals surface area contributed by atoms with Crippen molar-refractivity contribution in [3.8, 4) is 0 Å². The normalized spacial score (nSPS) is 12.0. The molecule has 1 aromatic rings. The van der Waals surface area contributed by atoms with E-state index in [0.717, 1.165) is 13.0 Å². The van der Waals surface area contributed by atoms with Gasteiger partial charge in [0, 0.05) is 17.3 Å². The molecule has 0 amide bonds. The van der Waals surface area contributed by atoms with Gasteiger partial charge >= 0.3 is 0 Å². The summed E-state index contributed by atoms with van der Waals surface area (Å²) in [7, 11) is 1.98. The van der Waals surface area contributed by atoms with Gasteiger partial charge in [0.15, 0.2) is 0 Å². The second-order valence-electron chi connectivity index (χ2n) is 3.89. The van der Waals surface area contributed by atoms with E-state index in [1.165, 1.54) is 10.7 Å². The third kappa shape index (κ3) is 2.51. The van der Waals surface area contributed by atoms with Gasteiger partial charge in [-0.25, -0.2) is 4.98 Å². The van der Waals surface area contributed by atoms with Gasteiger partial charge in [0.25, 0.3) is 0 Å². The highest BCUT2D eigenvalue weighted by Gasteiger charge is 2.22. The molecule has 1 N–H and O–H groups in total. The fourth-order valence-corrected chi connectivity index (χ4v) is 2.25. The van der Waals surface area contributed by atoms with E-state index < -0.39 is 0 Å². The van der Waals surface area contributed by atoms with Crippen molar-refractivity contribution in [2.45, 2.75) is 32.6 Å². The molecule has 13 heavy (non-hydrogen) atoms. The summed E-state index contributed by atoms with van der Waals surface area (Å²) in [6, 6.07) is 0. The summed E-state index contributed by atoms with van der Waals surface area (Å²) in [6.07, 6.45) is 1.04. The number of likely N-dealkylation sites (N-methyl/N-ethyl adjacent to an activating group) is 1. The topological polar surface area (TPSA) is 24.9 Å². The lowest BCUT2D eigenvalue weighted by Crippen LogP contribution is -2.31. The van der Waals surface area contributed by atoms with Gasteiger partial charge < -0.3 is 5.32 Å². The number of hydrogen-bond donors (Lipinski definition) is 1. The lowest BCUT2D eigenvalue weighted by Gasteiger charge is -2.21. The molecule has 1 rings (SSSR count). The highest BCUT2D eigenvalue weighted by atomic mass is 32.1. The van der Waals surface area contributed by atoms with E-state index in [4.69, 9.17) is 0 Å². The Labute approximate surface area is 84.4 Å². The summed E-state index contributed by atoms with van der Waals surface area (Å²) in [5.74, 6) is 0. The second kappa shape index (κ2) is 4.20. The number of nitrogens with zero attached hydrogens (tertiary/aromatic N) is 1. The van der Waals surface area contributed by atoms with Crippen molar-refractivity contribution < 1.29 is 0 Å². The van der Waals surface area contributed by atoms with Gasteiger partial charge in [-0.15, -0.1) is 11.3 Å². The van der Waals surface area contributed by atoms with Crippen molar-refractivity contribution in [1.82, 2.24) is 10.3 Å². The summed E-state index contributed by atoms with van der Waals surface area (Å²) < 4.78 is 0. The van der Waals surface area contributed by atoms with Crippen molar-refractivity contribution in [3.63, 3.8) is 0 Å². The molecule has 0 atom stereocenters. The van der Waals surface area contributed by atoms with Crippen LogP contribution in [0.15, 0.2) is 5.38 Å². The predicted molar refractivity (Wildman–Crippen MR) is 58.4 cm³/mol. The molecule has 74 valence electrons. The summed E-state index contributed by atoms with van der Waals surface area (Å²) in [5.41, 5.74) is 1.36. The van der Waals surface area contributed by atoms with Gasteiger partial charge in [-0.3, -0.25) is 0 Å². The van der Waals surface area contributed by atoms with Gasteiger partial charge in [-0.05, 0) is 13.5 Å². The van der Waals surface area contributed by atoms with E-state index in [-0.39, 0.29) is 5.41 Å². The smallest absolute Gasteiger partial charge is 0.0925 e. The molecular formula is C10H18N2S. The van der Waals surface area contributed by atoms with E-state index in [1.807, 2.05) is 7.05 Å². The number of aryl methyl sites for hydroxylation is 1. The van der Waals surface area contributed by atoms with Crippen LogP contribution in [0.5, 0.6) is 0 Å². The standard InChI is InChI=1S/C10H18N2S/c1-5-9-12-8(6-13-9)10(2,3)7-11-4/h6,11H,5,7H2,1-4H3. The largest absolute Gasteiger partial charge is 0.319 e. The minimum Gasteiger partial charge on any atom is -0.319 e. The average molecular weight is 198 g/mol. The van der Waals surface area contributed by atoms with Crippen molar-refractivity contribution >= 4 is 11.3 Å². The van der Waals surface area contributed by atoms with Crippen LogP contribution in [0, 0.1) is 0 Å². The number of nitrogens with one attached hydrogen (secondary N) is 1. The molecule has 0 aliphatic rings. The SMILES string of the molecule is CCc1nc(C(C)(C)CNC)cs1. The van der Waals surface area contributed by atoms with Crippen LogP contribution in [0.2, 0.25) is 0 Å². The first-order valence-electron chi connectivity index (χ1n) is 4.69. The molecule has 1 aromatic heterocycles. The molecule has 0 aliphatic carbocycles. The summed E-state index contributed by atoms with van der Waals surface area (Å²) in [6.45, 7) is 7.56. The van der Waals surface area contributed by atoms with Gasteiger partial charge in [0.2, 0.25) is 0 Å². The highest BCUT2D eigenvalue weighted by molar-refractivity contribution is 7.09. The lowest BCUT2D eigenvalue weighted by molar-refractivity contribution is 0.482. The van der Waals surface area contributed by atoms with E-state index in [0.29, 0.717) is 0 Å². The number of thiazole rings is 1. The highest BCUT2D eigenvalue weighted by Crippen LogP contribution is 2.24. The maximum atomic E-state index is 4.60. The Balaban J connectivity index is 2.80. The molecule has 0 radical (unpaired) electrons. The van der Waals surface area contributed by atoms with E-state index in [1.54, 1.807) is 11.3 Å². The molecule has 3 heteroatoms. The summed E-state index contributed by atoms with van der Waals surface area (Å²) >= 11 is 1.76. The maximum absolute atomic E-state index is 4.60. The Kier molecular flexibility index (Phi) is 3.45. The Morgan fingerprint density at radius 1 is 1.54 bits per heavy atom. The van der Waals surface area contributed by atoms with Crippen LogP contribution in [0.3, 0.4) is 0 Å². The number of hydrogen-bond acceptors (Lipinski definition) is 3. The first-order valence-corrected chi connectivity index (χ1v) is 5.57. The molecule has 2 nitrogen and oxygen atoms in total. The zero-order valence-corrected chi connectivity index (χ0v) is 9.66. The molecule has 0 aromatic carbocycles. The van der Waals surface area contributed by atoms with Crippen LogP contribution in [0.1, 0.15) is 31.5 Å². The van der Waals surface area contributed by atoms with Crippen molar-refractivity contribution in [2.75, 3.05) is 13.6 Å². The Morgan fingerprint density at radius 3 is 2.69 bits per heavy atom. The molecule has 1 heterocycles. The monoisotopic (exact) mass is 198 g/mol. The fraction of sp³-hybridized carbons (Fsp3) is 0.700. The van der Waals surface area contributed by atoms with Crippen molar-refractivity contribution in [3.05, 3.63) is 16.1 Å². The van der Waals surface area contributed by atoms with Gasteiger partial charge in [0.05, 0.1) is 10.7 Å². The predicted octanol–water partition coefficient (Wildman–Crippen LogP) is 2.20. The molecule has 0 saturated heterocycles. The van der Waals surface area contributed by atoms with Crippen LogP contribution in [0.4, 0.5) is 0 Å². The zero-order valence-electron chi connectivity index (χ0n) is 8.85. The molecule has 0 fully saturated rings. The first kappa shape index (κ1) is 10.7. The van der Waals surface area contributed by atoms with Crippen LogP contribution in [0.25, 0.3) is 0 Å². The Hall–Kier alpha value is -0.410. The average Bonchev–Trinajstić information content (AvgIpc) is 2.52. The Bertz CT molecular complexity index is 266. The first-order chi connectivity index (χ1) is 6.10. The minimum atomic E-state index is 0.151. The van der Waals surface area contributed by atoms with Gasteiger partial charge in [0.1, 0.15) is 0 Å². The molecule has 0 bridgehead atoms. The molecule has 0 saturated carbocycles. The van der Waals surface area contributed by atoms with Crippen LogP contribution in [-0.2, 0) is 11.8 Å². The quantitative estimate of drug-likeness (QED) is 0.802. The zero-order chi connectivity index (χ0) is 9.90. The van der Waals surface area contributed by atoms with Crippen LogP contribution in [-0.4, -0.2) is 18.6 Å². The molecule has 0 aliphatic heterocycles. The summed E-state index contributed by atoms with van der Waals surface area (Å²) in [4.78, 5) is 4.60. The van der Waals surface area contributed by atoms with Crippen LogP contribution >= 0.6 is 11.3 Å². The van der Waals surface area contributed by atoms with Gasteiger partial charge in [-0.2, -0.15) is 0 Å². The number of aromatic nitrogens is 1. The van der Waals surface area contributed by atoms with Crippen LogP contribution < -0.4 is 5.32 Å². The van der Waals surface area contributed by atoms with E-state index in [9.17, 15) is 0 Å². The lowest BCUT2D eigenvalue weighted by atomic mass is 9.90. The summed E-state index contributed by atoms with van der Waals surface area (Å²) in [5, 5.41) is 6.61. The fourth-order valence-electron chi connectivity index (χ4n) is 1.32. The number of rotatable bonds is 4. The van der Waals surface area contributed by atoms with Gasteiger partial charge in [-0.1, -0.05) is 20.8 Å². The second-order valence-corrected chi connectivity index (χ2v) is 4.84. The molecular weight excluding hydrogens is 180 g/mol.